The summed E-state index contributed by atoms with van der Waals surface area (Å²) in [5, 5.41) is 6.80. The van der Waals surface area contributed by atoms with Crippen LogP contribution in [0.25, 0.3) is 0 Å². The van der Waals surface area contributed by atoms with Gasteiger partial charge in [0.2, 0.25) is 11.8 Å². The molecular formula is C11H20N2O2. The van der Waals surface area contributed by atoms with Gasteiger partial charge in [0.05, 0.1) is 6.07 Å². The molecule has 0 saturated heterocycles. The summed E-state index contributed by atoms with van der Waals surface area (Å²) in [6, 6.07) is 1.76. The fraction of sp³-hybridized carbons (Fsp3) is 0.727. The molecule has 0 unspecified atom stereocenters. The molecule has 15 heavy (non-hydrogen) atoms. The SMILES string of the molecule is CC(C)(C)Oc1cc(OC(C)(C)C)[nH]n1. The van der Waals surface area contributed by atoms with Crippen molar-refractivity contribution in [3.05, 3.63) is 6.07 Å². The van der Waals surface area contributed by atoms with E-state index >= 15 is 0 Å². The van der Waals surface area contributed by atoms with Gasteiger partial charge in [0, 0.05) is 0 Å². The second-order valence-corrected chi connectivity index (χ2v) is 5.50. The molecule has 0 aliphatic rings. The highest BCUT2D eigenvalue weighted by Crippen LogP contribution is 2.22. The number of rotatable bonds is 2. The van der Waals surface area contributed by atoms with Gasteiger partial charge in [-0.15, -0.1) is 5.10 Å². The molecule has 1 rings (SSSR count). The van der Waals surface area contributed by atoms with Crippen LogP contribution in [0, 0.1) is 0 Å². The Labute approximate surface area is 91.0 Å². The first-order chi connectivity index (χ1) is 6.66. The van der Waals surface area contributed by atoms with Crippen LogP contribution in [0.2, 0.25) is 0 Å². The summed E-state index contributed by atoms with van der Waals surface area (Å²) in [6.07, 6.45) is 0. The number of nitrogens with one attached hydrogen (secondary N) is 1. The molecule has 0 amide bonds. The average molecular weight is 212 g/mol. The molecule has 0 radical (unpaired) electrons. The highest BCUT2D eigenvalue weighted by atomic mass is 16.5. The number of nitrogens with zero attached hydrogens (tertiary/aromatic N) is 1. The zero-order valence-corrected chi connectivity index (χ0v) is 10.3. The van der Waals surface area contributed by atoms with E-state index in [0.717, 1.165) is 0 Å². The van der Waals surface area contributed by atoms with Crippen molar-refractivity contribution in [1.82, 2.24) is 10.2 Å². The summed E-state index contributed by atoms with van der Waals surface area (Å²) in [4.78, 5) is 0. The Morgan fingerprint density at radius 1 is 1.00 bits per heavy atom. The number of H-pyrrole nitrogens is 1. The van der Waals surface area contributed by atoms with Crippen molar-refractivity contribution in [2.75, 3.05) is 0 Å². The van der Waals surface area contributed by atoms with Crippen LogP contribution in [0.1, 0.15) is 41.5 Å². The summed E-state index contributed by atoms with van der Waals surface area (Å²) >= 11 is 0. The van der Waals surface area contributed by atoms with Crippen LogP contribution in [-0.2, 0) is 0 Å². The second-order valence-electron chi connectivity index (χ2n) is 5.50. The highest BCUT2D eigenvalue weighted by Gasteiger charge is 2.17. The summed E-state index contributed by atoms with van der Waals surface area (Å²) in [7, 11) is 0. The van der Waals surface area contributed by atoms with Gasteiger partial charge < -0.3 is 9.47 Å². The molecule has 1 aromatic rings. The number of hydrogen-bond donors (Lipinski definition) is 1. The van der Waals surface area contributed by atoms with Gasteiger partial charge in [-0.3, -0.25) is 0 Å². The third-order valence-corrected chi connectivity index (χ3v) is 1.36. The molecule has 0 aromatic carbocycles. The molecule has 1 heterocycles. The van der Waals surface area contributed by atoms with Crippen LogP contribution in [0.15, 0.2) is 6.07 Å². The zero-order valence-electron chi connectivity index (χ0n) is 10.3. The number of ether oxygens (including phenoxy) is 2. The summed E-state index contributed by atoms with van der Waals surface area (Å²) in [5.74, 6) is 1.18. The first kappa shape index (κ1) is 11.9. The predicted octanol–water partition coefficient (Wildman–Crippen LogP) is 2.76. The lowest BCUT2D eigenvalue weighted by Gasteiger charge is -2.19. The Kier molecular flexibility index (Phi) is 2.98. The van der Waals surface area contributed by atoms with Crippen molar-refractivity contribution in [2.45, 2.75) is 52.7 Å². The van der Waals surface area contributed by atoms with E-state index in [9.17, 15) is 0 Å². The van der Waals surface area contributed by atoms with Crippen LogP contribution in [-0.4, -0.2) is 21.4 Å². The molecule has 0 bridgehead atoms. The summed E-state index contributed by atoms with van der Waals surface area (Å²) in [5.41, 5.74) is -0.472. The zero-order chi connectivity index (χ0) is 11.7. The molecule has 86 valence electrons. The van der Waals surface area contributed by atoms with Crippen molar-refractivity contribution in [3.8, 4) is 11.8 Å². The van der Waals surface area contributed by atoms with Crippen LogP contribution >= 0.6 is 0 Å². The van der Waals surface area contributed by atoms with E-state index in [1.807, 2.05) is 41.5 Å². The van der Waals surface area contributed by atoms with Gasteiger partial charge in [-0.1, -0.05) is 0 Å². The van der Waals surface area contributed by atoms with Crippen molar-refractivity contribution in [2.24, 2.45) is 0 Å². The topological polar surface area (TPSA) is 47.1 Å². The van der Waals surface area contributed by atoms with E-state index in [2.05, 4.69) is 10.2 Å². The second kappa shape index (κ2) is 3.76. The molecule has 0 aliphatic carbocycles. The first-order valence-electron chi connectivity index (χ1n) is 5.09. The minimum atomic E-state index is -0.242. The maximum Gasteiger partial charge on any atom is 0.237 e. The van der Waals surface area contributed by atoms with Crippen molar-refractivity contribution in [1.29, 1.82) is 0 Å². The molecule has 0 saturated carbocycles. The van der Waals surface area contributed by atoms with E-state index in [1.165, 1.54) is 0 Å². The largest absolute Gasteiger partial charge is 0.472 e. The molecule has 0 spiro atoms. The van der Waals surface area contributed by atoms with Gasteiger partial charge in [0.1, 0.15) is 11.2 Å². The molecule has 0 atom stereocenters. The highest BCUT2D eigenvalue weighted by molar-refractivity contribution is 5.20. The Morgan fingerprint density at radius 3 is 2.00 bits per heavy atom. The fourth-order valence-corrected chi connectivity index (χ4v) is 1.04. The molecule has 0 fully saturated rings. The monoisotopic (exact) mass is 212 g/mol. The van der Waals surface area contributed by atoms with Gasteiger partial charge >= 0.3 is 0 Å². The predicted molar refractivity (Wildman–Crippen MR) is 59.3 cm³/mol. The molecule has 0 aliphatic heterocycles. The van der Waals surface area contributed by atoms with Gasteiger partial charge in [0.25, 0.3) is 0 Å². The molecular weight excluding hydrogens is 192 g/mol. The Bertz CT molecular complexity index is 288. The van der Waals surface area contributed by atoms with Crippen LogP contribution in [0.5, 0.6) is 11.8 Å². The van der Waals surface area contributed by atoms with Crippen molar-refractivity contribution in [3.63, 3.8) is 0 Å². The van der Waals surface area contributed by atoms with Crippen LogP contribution < -0.4 is 9.47 Å². The van der Waals surface area contributed by atoms with Gasteiger partial charge in [-0.05, 0) is 41.5 Å². The average Bonchev–Trinajstić information content (AvgIpc) is 2.28. The summed E-state index contributed by atoms with van der Waals surface area (Å²) in [6.45, 7) is 11.9. The number of aromatic nitrogens is 2. The Hall–Kier alpha value is -1.19. The smallest absolute Gasteiger partial charge is 0.237 e. The van der Waals surface area contributed by atoms with Gasteiger partial charge in [0.15, 0.2) is 0 Å². The molecule has 4 nitrogen and oxygen atoms in total. The lowest BCUT2D eigenvalue weighted by atomic mass is 10.2. The maximum atomic E-state index is 5.60. The van der Waals surface area contributed by atoms with Gasteiger partial charge in [-0.2, -0.15) is 0 Å². The van der Waals surface area contributed by atoms with E-state index in [0.29, 0.717) is 11.8 Å². The van der Waals surface area contributed by atoms with Crippen LogP contribution in [0.3, 0.4) is 0 Å². The Morgan fingerprint density at radius 2 is 1.53 bits per heavy atom. The molecule has 1 N–H and O–H groups in total. The Balaban J connectivity index is 2.65. The van der Waals surface area contributed by atoms with Crippen LogP contribution in [0.4, 0.5) is 0 Å². The quantitative estimate of drug-likeness (QED) is 0.820. The standard InChI is InChI=1S/C11H20N2O2/c1-10(2,3)14-8-7-9(13-12-8)15-11(4,5)6/h7H,1-6H3,(H,12,13). The minimum Gasteiger partial charge on any atom is -0.472 e. The maximum absolute atomic E-state index is 5.60. The number of hydrogen-bond acceptors (Lipinski definition) is 3. The molecule has 4 heteroatoms. The first-order valence-corrected chi connectivity index (χ1v) is 5.09. The van der Waals surface area contributed by atoms with E-state index in [1.54, 1.807) is 6.07 Å². The minimum absolute atomic E-state index is 0.231. The van der Waals surface area contributed by atoms with E-state index in [-0.39, 0.29) is 11.2 Å². The van der Waals surface area contributed by atoms with Crippen molar-refractivity contribution < 1.29 is 9.47 Å². The third-order valence-electron chi connectivity index (χ3n) is 1.36. The fourth-order valence-electron chi connectivity index (χ4n) is 1.04. The van der Waals surface area contributed by atoms with E-state index in [4.69, 9.17) is 9.47 Å². The van der Waals surface area contributed by atoms with Crippen molar-refractivity contribution >= 4 is 0 Å². The molecule has 1 aromatic heterocycles. The third kappa shape index (κ3) is 4.72. The van der Waals surface area contributed by atoms with Gasteiger partial charge in [-0.25, -0.2) is 5.10 Å². The lowest BCUT2D eigenvalue weighted by molar-refractivity contribution is 0.121. The van der Waals surface area contributed by atoms with E-state index < -0.39 is 0 Å². The lowest BCUT2D eigenvalue weighted by Crippen LogP contribution is -2.23. The normalized spacial score (nSPS) is 12.7. The number of aromatic amines is 1. The summed E-state index contributed by atoms with van der Waals surface area (Å²) < 4.78 is 11.2.